The number of nitrogens with one attached hydrogen (secondary N) is 2. The van der Waals surface area contributed by atoms with Crippen molar-refractivity contribution in [2.45, 2.75) is 49.5 Å². The largest absolute Gasteiger partial charge is 0.355 e. The van der Waals surface area contributed by atoms with Crippen molar-refractivity contribution >= 4 is 15.9 Å². The van der Waals surface area contributed by atoms with Crippen LogP contribution in [0.1, 0.15) is 48.9 Å². The summed E-state index contributed by atoms with van der Waals surface area (Å²) in [7, 11) is -2.00. The molecule has 1 aromatic carbocycles. The van der Waals surface area contributed by atoms with Gasteiger partial charge in [0.1, 0.15) is 0 Å². The first kappa shape index (κ1) is 19.3. The second-order valence-corrected chi connectivity index (χ2v) is 9.16. The van der Waals surface area contributed by atoms with Gasteiger partial charge in [-0.25, -0.2) is 13.1 Å². The Morgan fingerprint density at radius 3 is 2.27 bits per heavy atom. The second-order valence-electron chi connectivity index (χ2n) is 7.45. The van der Waals surface area contributed by atoms with Crippen LogP contribution in [0, 0.1) is 5.92 Å². The van der Waals surface area contributed by atoms with Gasteiger partial charge in [-0.1, -0.05) is 12.8 Å². The van der Waals surface area contributed by atoms with Gasteiger partial charge in [-0.2, -0.15) is 0 Å². The van der Waals surface area contributed by atoms with E-state index in [2.05, 4.69) is 14.9 Å². The number of carbonyl (C=O) groups excluding carboxylic acids is 1. The molecule has 7 heteroatoms. The van der Waals surface area contributed by atoms with E-state index >= 15 is 0 Å². The Labute approximate surface area is 156 Å². The van der Waals surface area contributed by atoms with Crippen LogP contribution in [0.3, 0.4) is 0 Å². The van der Waals surface area contributed by atoms with Gasteiger partial charge in [0.05, 0.1) is 4.90 Å². The summed E-state index contributed by atoms with van der Waals surface area (Å²) in [6.07, 6.45) is 7.11. The fourth-order valence-electron chi connectivity index (χ4n) is 4.01. The van der Waals surface area contributed by atoms with E-state index in [1.54, 1.807) is 7.05 Å². The number of nitrogens with zero attached hydrogens (tertiary/aromatic N) is 1. The maximum atomic E-state index is 12.6. The minimum atomic E-state index is -3.55. The van der Waals surface area contributed by atoms with E-state index in [4.69, 9.17) is 0 Å². The van der Waals surface area contributed by atoms with Crippen LogP contribution in [0.15, 0.2) is 29.2 Å². The number of carbonyl (C=O) groups is 1. The minimum Gasteiger partial charge on any atom is -0.355 e. The highest BCUT2D eigenvalue weighted by Gasteiger charge is 2.26. The number of piperidine rings is 1. The summed E-state index contributed by atoms with van der Waals surface area (Å²) in [6.45, 7) is 3.08. The Bertz CT molecular complexity index is 704. The monoisotopic (exact) mass is 379 g/mol. The third-order valence-electron chi connectivity index (χ3n) is 5.55. The molecule has 26 heavy (non-hydrogen) atoms. The van der Waals surface area contributed by atoms with Crippen LogP contribution in [0.5, 0.6) is 0 Å². The average Bonchev–Trinajstić information content (AvgIpc) is 3.15. The smallest absolute Gasteiger partial charge is 0.251 e. The summed E-state index contributed by atoms with van der Waals surface area (Å²) in [4.78, 5) is 14.3. The van der Waals surface area contributed by atoms with Crippen LogP contribution in [0.4, 0.5) is 0 Å². The number of hydrogen-bond acceptors (Lipinski definition) is 4. The first-order valence-corrected chi connectivity index (χ1v) is 11.0. The van der Waals surface area contributed by atoms with Crippen molar-refractivity contribution < 1.29 is 13.2 Å². The third-order valence-corrected chi connectivity index (χ3v) is 7.09. The van der Waals surface area contributed by atoms with Gasteiger partial charge in [0.15, 0.2) is 0 Å². The molecule has 1 aromatic rings. The number of amides is 1. The highest BCUT2D eigenvalue weighted by Crippen LogP contribution is 2.26. The van der Waals surface area contributed by atoms with Crippen molar-refractivity contribution in [1.82, 2.24) is 14.9 Å². The predicted octanol–water partition coefficient (Wildman–Crippen LogP) is 1.98. The first-order chi connectivity index (χ1) is 12.5. The van der Waals surface area contributed by atoms with E-state index in [1.165, 1.54) is 56.5 Å². The van der Waals surface area contributed by atoms with Gasteiger partial charge in [0.2, 0.25) is 10.0 Å². The maximum Gasteiger partial charge on any atom is 0.251 e. The van der Waals surface area contributed by atoms with Gasteiger partial charge >= 0.3 is 0 Å². The van der Waals surface area contributed by atoms with Crippen molar-refractivity contribution in [2.24, 2.45) is 5.92 Å². The normalized spacial score (nSPS) is 20.3. The van der Waals surface area contributed by atoms with Crippen LogP contribution in [-0.2, 0) is 10.0 Å². The Balaban J connectivity index is 1.52. The molecule has 0 spiro atoms. The number of likely N-dealkylation sites (tertiary alicyclic amines) is 1. The van der Waals surface area contributed by atoms with Gasteiger partial charge in [-0.3, -0.25) is 4.79 Å². The number of rotatable bonds is 6. The molecule has 1 aliphatic carbocycles. The summed E-state index contributed by atoms with van der Waals surface area (Å²) >= 11 is 0. The van der Waals surface area contributed by atoms with E-state index < -0.39 is 10.0 Å². The van der Waals surface area contributed by atoms with Gasteiger partial charge in [-0.15, -0.1) is 0 Å². The second kappa shape index (κ2) is 8.50. The fraction of sp³-hybridized carbons (Fsp3) is 0.632. The van der Waals surface area contributed by atoms with E-state index in [9.17, 15) is 13.2 Å². The minimum absolute atomic E-state index is 0.0153. The van der Waals surface area contributed by atoms with Gasteiger partial charge < -0.3 is 10.2 Å². The first-order valence-electron chi connectivity index (χ1n) is 9.55. The molecule has 2 aliphatic rings. The third kappa shape index (κ3) is 4.84. The van der Waals surface area contributed by atoms with Gasteiger partial charge in [-0.05, 0) is 69.0 Å². The van der Waals surface area contributed by atoms with Gasteiger partial charge in [0.25, 0.3) is 5.91 Å². The molecular formula is C19H29N3O3S. The molecule has 144 valence electrons. The van der Waals surface area contributed by atoms with E-state index in [1.807, 2.05) is 0 Å². The molecule has 0 unspecified atom stereocenters. The van der Waals surface area contributed by atoms with Crippen molar-refractivity contribution in [3.63, 3.8) is 0 Å². The standard InChI is InChI=1S/C19H29N3O3S/c1-20-19(23)16-6-8-18(9-7-16)26(24,25)21-17-10-12-22(13-11-17)14-15-4-2-3-5-15/h6-9,15,17,21H,2-5,10-14H2,1H3,(H,20,23). The zero-order valence-corrected chi connectivity index (χ0v) is 16.2. The van der Waals surface area contributed by atoms with Crippen LogP contribution >= 0.6 is 0 Å². The average molecular weight is 380 g/mol. The van der Waals surface area contributed by atoms with E-state index in [-0.39, 0.29) is 16.8 Å². The molecule has 0 radical (unpaired) electrons. The molecule has 1 heterocycles. The molecule has 0 bridgehead atoms. The van der Waals surface area contributed by atoms with Gasteiger partial charge in [0, 0.05) is 25.2 Å². The quantitative estimate of drug-likeness (QED) is 0.792. The van der Waals surface area contributed by atoms with Crippen LogP contribution in [-0.4, -0.2) is 51.9 Å². The summed E-state index contributed by atoms with van der Waals surface area (Å²) in [5.41, 5.74) is 0.451. The molecule has 3 rings (SSSR count). The lowest BCUT2D eigenvalue weighted by atomic mass is 10.0. The molecular weight excluding hydrogens is 350 g/mol. The Morgan fingerprint density at radius 1 is 1.08 bits per heavy atom. The maximum absolute atomic E-state index is 12.6. The van der Waals surface area contributed by atoms with E-state index in [0.717, 1.165) is 31.8 Å². The van der Waals surface area contributed by atoms with Crippen molar-refractivity contribution in [3.8, 4) is 0 Å². The molecule has 1 saturated carbocycles. The Kier molecular flexibility index (Phi) is 6.32. The predicted molar refractivity (Wildman–Crippen MR) is 102 cm³/mol. The van der Waals surface area contributed by atoms with E-state index in [0.29, 0.717) is 5.56 Å². The lowest BCUT2D eigenvalue weighted by molar-refractivity contribution is 0.0963. The fourth-order valence-corrected chi connectivity index (χ4v) is 5.31. The molecule has 0 atom stereocenters. The summed E-state index contributed by atoms with van der Waals surface area (Å²) in [5, 5.41) is 2.53. The molecule has 2 fully saturated rings. The van der Waals surface area contributed by atoms with Crippen molar-refractivity contribution in [1.29, 1.82) is 0 Å². The summed E-state index contributed by atoms with van der Waals surface area (Å²) in [5.74, 6) is 0.610. The molecule has 1 saturated heterocycles. The molecule has 6 nitrogen and oxygen atoms in total. The van der Waals surface area contributed by atoms with Crippen molar-refractivity contribution in [3.05, 3.63) is 29.8 Å². The molecule has 2 N–H and O–H groups in total. The zero-order chi connectivity index (χ0) is 18.6. The highest BCUT2D eigenvalue weighted by atomic mass is 32.2. The molecule has 1 aliphatic heterocycles. The van der Waals surface area contributed by atoms with Crippen LogP contribution in [0.25, 0.3) is 0 Å². The van der Waals surface area contributed by atoms with Crippen LogP contribution in [0.2, 0.25) is 0 Å². The SMILES string of the molecule is CNC(=O)c1ccc(S(=O)(=O)NC2CCN(CC3CCCC3)CC2)cc1. The molecule has 0 aromatic heterocycles. The lowest BCUT2D eigenvalue weighted by Gasteiger charge is -2.33. The summed E-state index contributed by atoms with van der Waals surface area (Å²) in [6, 6.07) is 6.04. The van der Waals surface area contributed by atoms with Crippen molar-refractivity contribution in [2.75, 3.05) is 26.7 Å². The number of benzene rings is 1. The summed E-state index contributed by atoms with van der Waals surface area (Å²) < 4.78 is 28.0. The topological polar surface area (TPSA) is 78.5 Å². The number of hydrogen-bond donors (Lipinski definition) is 2. The highest BCUT2D eigenvalue weighted by molar-refractivity contribution is 7.89. The molecule has 1 amide bonds. The Morgan fingerprint density at radius 2 is 1.69 bits per heavy atom. The van der Waals surface area contributed by atoms with Crippen LogP contribution < -0.4 is 10.0 Å². The number of sulfonamides is 1. The lowest BCUT2D eigenvalue weighted by Crippen LogP contribution is -2.45. The Hall–Kier alpha value is -1.44. The zero-order valence-electron chi connectivity index (χ0n) is 15.4.